The highest BCUT2D eigenvalue weighted by Crippen LogP contribution is 2.32. The molecule has 0 fully saturated rings. The molecule has 0 bridgehead atoms. The van der Waals surface area contributed by atoms with Crippen LogP contribution in [0.5, 0.6) is 11.5 Å². The number of hydrogen-bond acceptors (Lipinski definition) is 5. The molecule has 1 atom stereocenters. The lowest BCUT2D eigenvalue weighted by Crippen LogP contribution is -2.26. The highest BCUT2D eigenvalue weighted by molar-refractivity contribution is 7.78. The number of carbonyl (C=O) groups is 1. The number of ether oxygens (including phenoxy) is 2. The van der Waals surface area contributed by atoms with E-state index in [-0.39, 0.29) is 6.79 Å². The lowest BCUT2D eigenvalue weighted by Gasteiger charge is -2.03. The van der Waals surface area contributed by atoms with E-state index < -0.39 is 17.2 Å². The minimum absolute atomic E-state index is 0.143. The van der Waals surface area contributed by atoms with Crippen molar-refractivity contribution in [3.8, 4) is 11.5 Å². The van der Waals surface area contributed by atoms with E-state index in [2.05, 4.69) is 8.91 Å². The van der Waals surface area contributed by atoms with Crippen LogP contribution in [-0.2, 0) is 15.4 Å². The normalized spacial score (nSPS) is 14.6. The van der Waals surface area contributed by atoms with E-state index in [1.165, 1.54) is 13.2 Å². The first kappa shape index (κ1) is 10.9. The summed E-state index contributed by atoms with van der Waals surface area (Å²) in [6.45, 7) is 0.143. The van der Waals surface area contributed by atoms with E-state index in [0.717, 1.165) is 0 Å². The fraction of sp³-hybridized carbons (Fsp3) is 0.222. The van der Waals surface area contributed by atoms with E-state index in [1.54, 1.807) is 12.1 Å². The maximum atomic E-state index is 11.5. The van der Waals surface area contributed by atoms with Crippen LogP contribution in [0.3, 0.4) is 0 Å². The van der Waals surface area contributed by atoms with Crippen LogP contribution >= 0.6 is 0 Å². The van der Waals surface area contributed by atoms with Crippen molar-refractivity contribution in [3.05, 3.63) is 23.8 Å². The van der Waals surface area contributed by atoms with E-state index in [0.29, 0.717) is 17.1 Å². The summed E-state index contributed by atoms with van der Waals surface area (Å²) in [6.07, 6.45) is 0. The van der Waals surface area contributed by atoms with Gasteiger partial charge in [-0.05, 0) is 18.2 Å². The molecule has 0 unspecified atom stereocenters. The van der Waals surface area contributed by atoms with Crippen molar-refractivity contribution in [3.63, 3.8) is 0 Å². The largest absolute Gasteiger partial charge is 0.454 e. The molecule has 1 aliphatic rings. The third kappa shape index (κ3) is 2.15. The van der Waals surface area contributed by atoms with Crippen LogP contribution < -0.4 is 14.2 Å². The molecule has 2 rings (SSSR count). The monoisotopic (exact) mass is 243 g/mol. The number of carbonyl (C=O) groups excluding carboxylic acids is 1. The van der Waals surface area contributed by atoms with Gasteiger partial charge in [-0.1, -0.05) is 0 Å². The Morgan fingerprint density at radius 2 is 2.19 bits per heavy atom. The molecule has 1 N–H and O–H groups in total. The van der Waals surface area contributed by atoms with Gasteiger partial charge >= 0.3 is 0 Å². The van der Waals surface area contributed by atoms with Crippen LogP contribution in [0, 0.1) is 0 Å². The molecule has 1 aliphatic heterocycles. The molecule has 1 aromatic rings. The third-order valence-electron chi connectivity index (χ3n) is 1.96. The molecule has 1 aromatic carbocycles. The Hall–Kier alpha value is -1.60. The summed E-state index contributed by atoms with van der Waals surface area (Å²) in [5.41, 5.74) is 0.328. The quantitative estimate of drug-likeness (QED) is 0.830. The lowest BCUT2D eigenvalue weighted by molar-refractivity contribution is 0.0979. The fourth-order valence-electron chi connectivity index (χ4n) is 1.21. The molecule has 0 spiro atoms. The molecule has 6 nitrogen and oxygen atoms in total. The van der Waals surface area contributed by atoms with E-state index in [4.69, 9.17) is 9.47 Å². The van der Waals surface area contributed by atoms with Gasteiger partial charge in [-0.25, -0.2) is 8.93 Å². The summed E-state index contributed by atoms with van der Waals surface area (Å²) >= 11 is -1.83. The summed E-state index contributed by atoms with van der Waals surface area (Å²) < 4.78 is 27.7. The fourth-order valence-corrected chi connectivity index (χ4v) is 1.57. The highest BCUT2D eigenvalue weighted by Gasteiger charge is 2.16. The zero-order valence-corrected chi connectivity index (χ0v) is 9.21. The topological polar surface area (TPSA) is 73.9 Å². The van der Waals surface area contributed by atoms with Gasteiger partial charge in [0.15, 0.2) is 11.5 Å². The third-order valence-corrected chi connectivity index (χ3v) is 2.62. The molecule has 0 aromatic heterocycles. The Morgan fingerprint density at radius 1 is 1.44 bits per heavy atom. The molecular weight excluding hydrogens is 234 g/mol. The van der Waals surface area contributed by atoms with Gasteiger partial charge in [0.1, 0.15) is 0 Å². The summed E-state index contributed by atoms with van der Waals surface area (Å²) in [5.74, 6) is 0.582. The molecule has 86 valence electrons. The number of rotatable bonds is 3. The zero-order valence-electron chi connectivity index (χ0n) is 8.39. The van der Waals surface area contributed by atoms with E-state index in [9.17, 15) is 9.00 Å². The van der Waals surface area contributed by atoms with Crippen molar-refractivity contribution in [2.24, 2.45) is 0 Å². The van der Waals surface area contributed by atoms with E-state index in [1.807, 2.05) is 0 Å². The van der Waals surface area contributed by atoms with Gasteiger partial charge in [0.2, 0.25) is 6.79 Å². The molecule has 16 heavy (non-hydrogen) atoms. The van der Waals surface area contributed by atoms with Crippen molar-refractivity contribution in [2.75, 3.05) is 13.9 Å². The Balaban J connectivity index is 2.15. The number of fused-ring (bicyclic) bond motifs is 1. The first-order valence-electron chi connectivity index (χ1n) is 4.37. The molecular formula is C9H9NO5S. The Bertz CT molecular complexity index is 448. The standard InChI is InChI=1S/C9H9NO5S/c1-13-16(12)10-9(11)6-2-3-7-8(4-6)15-5-14-7/h2-4H,5H2,1H3,(H,10,11)/t16-/m1/s1. The second kappa shape index (κ2) is 4.50. The molecule has 0 saturated carbocycles. The number of amides is 1. The summed E-state index contributed by atoms with van der Waals surface area (Å²) in [6, 6.07) is 4.69. The minimum atomic E-state index is -1.83. The van der Waals surface area contributed by atoms with E-state index >= 15 is 0 Å². The SMILES string of the molecule is CO[S@@](=O)NC(=O)c1ccc2c(c1)OCO2. The van der Waals surface area contributed by atoms with Crippen LogP contribution in [0.15, 0.2) is 18.2 Å². The predicted octanol–water partition coefficient (Wildman–Crippen LogP) is 0.370. The van der Waals surface area contributed by atoms with Crippen molar-refractivity contribution >= 4 is 17.2 Å². The predicted molar refractivity (Wildman–Crippen MR) is 55.2 cm³/mol. The molecule has 0 saturated heterocycles. The molecule has 0 radical (unpaired) electrons. The van der Waals surface area contributed by atoms with Crippen LogP contribution in [0.4, 0.5) is 0 Å². The second-order valence-corrected chi connectivity index (χ2v) is 3.91. The molecule has 7 heteroatoms. The Kier molecular flexibility index (Phi) is 3.07. The van der Waals surface area contributed by atoms with Crippen LogP contribution in [0.2, 0.25) is 0 Å². The Labute approximate surface area is 94.3 Å². The zero-order chi connectivity index (χ0) is 11.5. The summed E-state index contributed by atoms with van der Waals surface area (Å²) in [7, 11) is 1.23. The Morgan fingerprint density at radius 3 is 2.94 bits per heavy atom. The molecule has 1 heterocycles. The van der Waals surface area contributed by atoms with Gasteiger partial charge in [0.25, 0.3) is 17.2 Å². The number of nitrogens with one attached hydrogen (secondary N) is 1. The number of hydrogen-bond donors (Lipinski definition) is 1. The molecule has 1 amide bonds. The van der Waals surface area contributed by atoms with Gasteiger partial charge in [0, 0.05) is 5.56 Å². The maximum Gasteiger partial charge on any atom is 0.264 e. The number of benzene rings is 1. The van der Waals surface area contributed by atoms with Crippen LogP contribution in [0.1, 0.15) is 10.4 Å². The van der Waals surface area contributed by atoms with Gasteiger partial charge in [-0.15, -0.1) is 0 Å². The van der Waals surface area contributed by atoms with Gasteiger partial charge < -0.3 is 9.47 Å². The van der Waals surface area contributed by atoms with Gasteiger partial charge in [-0.3, -0.25) is 8.98 Å². The van der Waals surface area contributed by atoms with Crippen molar-refractivity contribution in [1.29, 1.82) is 0 Å². The average Bonchev–Trinajstić information content (AvgIpc) is 2.75. The summed E-state index contributed by atoms with van der Waals surface area (Å²) in [4.78, 5) is 11.5. The van der Waals surface area contributed by atoms with Crippen LogP contribution in [-0.4, -0.2) is 24.0 Å². The minimum Gasteiger partial charge on any atom is -0.454 e. The average molecular weight is 243 g/mol. The second-order valence-electron chi connectivity index (χ2n) is 2.90. The van der Waals surface area contributed by atoms with Crippen molar-refractivity contribution in [2.45, 2.75) is 0 Å². The smallest absolute Gasteiger partial charge is 0.264 e. The highest BCUT2D eigenvalue weighted by atomic mass is 32.2. The lowest BCUT2D eigenvalue weighted by atomic mass is 10.2. The maximum absolute atomic E-state index is 11.5. The van der Waals surface area contributed by atoms with Gasteiger partial charge in [0.05, 0.1) is 7.11 Å². The van der Waals surface area contributed by atoms with Gasteiger partial charge in [-0.2, -0.15) is 0 Å². The first-order valence-corrected chi connectivity index (χ1v) is 5.45. The van der Waals surface area contributed by atoms with Crippen molar-refractivity contribution in [1.82, 2.24) is 4.72 Å². The van der Waals surface area contributed by atoms with Crippen molar-refractivity contribution < 1.29 is 22.7 Å². The van der Waals surface area contributed by atoms with Crippen LogP contribution in [0.25, 0.3) is 0 Å². The first-order chi connectivity index (χ1) is 7.70. The molecule has 0 aliphatic carbocycles. The summed E-state index contributed by atoms with van der Waals surface area (Å²) in [5, 5.41) is 0.